The molecule has 1 saturated heterocycles. The van der Waals surface area contributed by atoms with E-state index in [4.69, 9.17) is 10.5 Å². The van der Waals surface area contributed by atoms with Gasteiger partial charge >= 0.3 is 0 Å². The molecule has 0 spiro atoms. The van der Waals surface area contributed by atoms with E-state index < -0.39 is 0 Å². The van der Waals surface area contributed by atoms with E-state index in [1.807, 2.05) is 11.9 Å². The SMILES string of the molecule is CCCN(C)c1nc(N)c(C(=O)NC2CCOCC2)s1. The summed E-state index contributed by atoms with van der Waals surface area (Å²) in [5.74, 6) is 0.195. The van der Waals surface area contributed by atoms with Gasteiger partial charge in [-0.25, -0.2) is 4.98 Å². The third-order valence-corrected chi connectivity index (χ3v) is 4.47. The Balaban J connectivity index is 2.01. The molecule has 0 atom stereocenters. The first-order valence-electron chi connectivity index (χ1n) is 6.97. The highest BCUT2D eigenvalue weighted by Gasteiger charge is 2.22. The second kappa shape index (κ2) is 6.90. The van der Waals surface area contributed by atoms with E-state index in [9.17, 15) is 4.79 Å². The van der Waals surface area contributed by atoms with Crippen molar-refractivity contribution in [2.24, 2.45) is 0 Å². The summed E-state index contributed by atoms with van der Waals surface area (Å²) < 4.78 is 5.28. The number of carbonyl (C=O) groups is 1. The Hall–Kier alpha value is -1.34. The molecule has 0 saturated carbocycles. The number of rotatable bonds is 5. The molecule has 1 aliphatic rings. The number of nitrogens with two attached hydrogens (primary N) is 1. The van der Waals surface area contributed by atoms with Gasteiger partial charge in [-0.05, 0) is 19.3 Å². The maximum absolute atomic E-state index is 12.2. The molecule has 1 aromatic heterocycles. The van der Waals surface area contributed by atoms with Crippen LogP contribution in [0, 0.1) is 0 Å². The number of aromatic nitrogens is 1. The van der Waals surface area contributed by atoms with Crippen molar-refractivity contribution < 1.29 is 9.53 Å². The van der Waals surface area contributed by atoms with Crippen LogP contribution in [0.15, 0.2) is 0 Å². The Kier molecular flexibility index (Phi) is 5.19. The van der Waals surface area contributed by atoms with Crippen molar-refractivity contribution in [3.05, 3.63) is 4.88 Å². The first-order chi connectivity index (χ1) is 9.61. The van der Waals surface area contributed by atoms with Gasteiger partial charge in [0.2, 0.25) is 0 Å². The third-order valence-electron chi connectivity index (χ3n) is 3.29. The summed E-state index contributed by atoms with van der Waals surface area (Å²) in [5.41, 5.74) is 5.87. The second-order valence-corrected chi connectivity index (χ2v) is 5.97. The van der Waals surface area contributed by atoms with Gasteiger partial charge in [0.05, 0.1) is 0 Å². The Morgan fingerprint density at radius 1 is 1.55 bits per heavy atom. The zero-order valence-electron chi connectivity index (χ0n) is 12.0. The molecule has 0 unspecified atom stereocenters. The third kappa shape index (κ3) is 3.61. The van der Waals surface area contributed by atoms with Crippen molar-refractivity contribution in [2.75, 3.05) is 37.4 Å². The molecule has 1 aromatic rings. The van der Waals surface area contributed by atoms with Crippen molar-refractivity contribution >= 4 is 28.2 Å². The predicted octanol–water partition coefficient (Wildman–Crippen LogP) is 1.48. The molecular formula is C13H22N4O2S. The number of hydrogen-bond donors (Lipinski definition) is 2. The van der Waals surface area contributed by atoms with Crippen LogP contribution in [0.2, 0.25) is 0 Å². The lowest BCUT2D eigenvalue weighted by atomic mass is 10.1. The summed E-state index contributed by atoms with van der Waals surface area (Å²) in [6, 6.07) is 0.176. The predicted molar refractivity (Wildman–Crippen MR) is 81.4 cm³/mol. The Morgan fingerprint density at radius 2 is 2.25 bits per heavy atom. The van der Waals surface area contributed by atoms with Crippen LogP contribution in [0.4, 0.5) is 10.9 Å². The van der Waals surface area contributed by atoms with E-state index in [2.05, 4.69) is 17.2 Å². The summed E-state index contributed by atoms with van der Waals surface area (Å²) in [6.45, 7) is 4.40. The number of carbonyl (C=O) groups excluding carboxylic acids is 1. The van der Waals surface area contributed by atoms with Crippen LogP contribution >= 0.6 is 11.3 Å². The topological polar surface area (TPSA) is 80.5 Å². The summed E-state index contributed by atoms with van der Waals surface area (Å²) in [5, 5.41) is 3.81. The quantitative estimate of drug-likeness (QED) is 0.860. The maximum atomic E-state index is 12.2. The van der Waals surface area contributed by atoms with Crippen molar-refractivity contribution in [2.45, 2.75) is 32.2 Å². The molecule has 0 aromatic carbocycles. The van der Waals surface area contributed by atoms with E-state index >= 15 is 0 Å². The second-order valence-electron chi connectivity index (χ2n) is 4.99. The molecule has 1 amide bonds. The number of nitrogen functional groups attached to an aromatic ring is 1. The number of nitrogens with one attached hydrogen (secondary N) is 1. The normalized spacial score (nSPS) is 16.1. The molecule has 2 rings (SSSR count). The first-order valence-corrected chi connectivity index (χ1v) is 7.79. The fourth-order valence-electron chi connectivity index (χ4n) is 2.17. The minimum absolute atomic E-state index is 0.122. The zero-order valence-corrected chi connectivity index (χ0v) is 12.8. The van der Waals surface area contributed by atoms with Crippen LogP contribution in [0.5, 0.6) is 0 Å². The van der Waals surface area contributed by atoms with Crippen molar-refractivity contribution in [1.29, 1.82) is 0 Å². The summed E-state index contributed by atoms with van der Waals surface area (Å²) in [7, 11) is 1.96. The van der Waals surface area contributed by atoms with E-state index in [0.29, 0.717) is 23.9 Å². The molecule has 6 nitrogen and oxygen atoms in total. The average Bonchev–Trinajstić information content (AvgIpc) is 2.82. The number of nitrogens with zero attached hydrogens (tertiary/aromatic N) is 2. The molecule has 20 heavy (non-hydrogen) atoms. The summed E-state index contributed by atoms with van der Waals surface area (Å²) in [6.07, 6.45) is 2.74. The number of hydrogen-bond acceptors (Lipinski definition) is 6. The van der Waals surface area contributed by atoms with Crippen molar-refractivity contribution in [1.82, 2.24) is 10.3 Å². The van der Waals surface area contributed by atoms with Gasteiger partial charge in [-0.3, -0.25) is 4.79 Å². The number of anilines is 2. The van der Waals surface area contributed by atoms with Crippen molar-refractivity contribution in [3.63, 3.8) is 0 Å². The molecule has 0 bridgehead atoms. The van der Waals surface area contributed by atoms with Gasteiger partial charge in [0.15, 0.2) is 5.13 Å². The van der Waals surface area contributed by atoms with E-state index in [1.165, 1.54) is 11.3 Å². The minimum Gasteiger partial charge on any atom is -0.382 e. The largest absolute Gasteiger partial charge is 0.382 e. The lowest BCUT2D eigenvalue weighted by Gasteiger charge is -2.22. The highest BCUT2D eigenvalue weighted by Crippen LogP contribution is 2.27. The number of thiazole rings is 1. The Labute approximate surface area is 123 Å². The van der Waals surface area contributed by atoms with Crippen LogP contribution < -0.4 is 16.0 Å². The lowest BCUT2D eigenvalue weighted by molar-refractivity contribution is 0.0698. The highest BCUT2D eigenvalue weighted by molar-refractivity contribution is 7.18. The maximum Gasteiger partial charge on any atom is 0.265 e. The van der Waals surface area contributed by atoms with Crippen LogP contribution in [0.1, 0.15) is 35.9 Å². The van der Waals surface area contributed by atoms with Crippen molar-refractivity contribution in [3.8, 4) is 0 Å². The Bertz CT molecular complexity index is 457. The van der Waals surface area contributed by atoms with Gasteiger partial charge in [-0.1, -0.05) is 18.3 Å². The standard InChI is InChI=1S/C13H22N4O2S/c1-3-6-17(2)13-16-11(14)10(20-13)12(18)15-9-4-7-19-8-5-9/h9H,3-8,14H2,1-2H3,(H,15,18). The monoisotopic (exact) mass is 298 g/mol. The van der Waals surface area contributed by atoms with Gasteiger partial charge in [-0.15, -0.1) is 0 Å². The fourth-order valence-corrected chi connectivity index (χ4v) is 3.05. The summed E-state index contributed by atoms with van der Waals surface area (Å²) >= 11 is 1.35. The smallest absolute Gasteiger partial charge is 0.265 e. The average molecular weight is 298 g/mol. The fraction of sp³-hybridized carbons (Fsp3) is 0.692. The van der Waals surface area contributed by atoms with Gasteiger partial charge in [-0.2, -0.15) is 0 Å². The molecule has 0 aliphatic carbocycles. The molecule has 1 fully saturated rings. The molecule has 7 heteroatoms. The lowest BCUT2D eigenvalue weighted by Crippen LogP contribution is -2.38. The molecular weight excluding hydrogens is 276 g/mol. The minimum atomic E-state index is -0.122. The van der Waals surface area contributed by atoms with Crippen LogP contribution in [-0.4, -0.2) is 43.7 Å². The molecule has 112 valence electrons. The van der Waals surface area contributed by atoms with E-state index in [1.54, 1.807) is 0 Å². The zero-order chi connectivity index (χ0) is 14.5. The number of ether oxygens (including phenoxy) is 1. The summed E-state index contributed by atoms with van der Waals surface area (Å²) in [4.78, 5) is 19.1. The molecule has 1 aliphatic heterocycles. The first kappa shape index (κ1) is 15.1. The molecule has 0 radical (unpaired) electrons. The van der Waals surface area contributed by atoms with Gasteiger partial charge in [0.1, 0.15) is 10.7 Å². The van der Waals surface area contributed by atoms with Crippen LogP contribution in [-0.2, 0) is 4.74 Å². The van der Waals surface area contributed by atoms with E-state index in [-0.39, 0.29) is 11.9 Å². The molecule has 2 heterocycles. The Morgan fingerprint density at radius 3 is 2.90 bits per heavy atom. The molecule has 3 N–H and O–H groups in total. The number of amides is 1. The highest BCUT2D eigenvalue weighted by atomic mass is 32.1. The van der Waals surface area contributed by atoms with Gasteiger partial charge in [0.25, 0.3) is 5.91 Å². The van der Waals surface area contributed by atoms with Crippen LogP contribution in [0.25, 0.3) is 0 Å². The van der Waals surface area contributed by atoms with Crippen LogP contribution in [0.3, 0.4) is 0 Å². The van der Waals surface area contributed by atoms with Gasteiger partial charge < -0.3 is 20.7 Å². The van der Waals surface area contributed by atoms with E-state index in [0.717, 1.165) is 30.9 Å². The van der Waals surface area contributed by atoms with Gasteiger partial charge in [0, 0.05) is 32.8 Å².